The first kappa shape index (κ1) is 8.76. The number of likely N-dealkylation sites (tertiary alicyclic amines) is 1. The summed E-state index contributed by atoms with van der Waals surface area (Å²) in [7, 11) is 0. The lowest BCUT2D eigenvalue weighted by atomic mass is 10.2. The van der Waals surface area contributed by atoms with Gasteiger partial charge in [-0.3, -0.25) is 4.90 Å². The molecule has 0 aromatic carbocycles. The Kier molecular flexibility index (Phi) is 2.16. The number of hydrogen-bond acceptors (Lipinski definition) is 2. The van der Waals surface area contributed by atoms with E-state index in [9.17, 15) is 14.0 Å². The molecule has 0 radical (unpaired) electrons. The molecule has 0 saturated carbocycles. The van der Waals surface area contributed by atoms with Gasteiger partial charge in [-0.1, -0.05) is 0 Å². The van der Waals surface area contributed by atoms with E-state index in [1.807, 2.05) is 0 Å². The normalized spacial score (nSPS) is 28.9. The van der Waals surface area contributed by atoms with Gasteiger partial charge in [0.15, 0.2) is 6.04 Å². The molecule has 0 aromatic heterocycles. The summed E-state index contributed by atoms with van der Waals surface area (Å²) in [6.07, 6.45) is -3.01. The lowest BCUT2D eigenvalue weighted by molar-refractivity contribution is -0.143. The largest absolute Gasteiger partial charge is 0.480 e. The molecule has 68 valence electrons. The molecule has 2 N–H and O–H groups in total. The molecule has 0 bridgehead atoms. The number of halogens is 1. The Morgan fingerprint density at radius 2 is 2.00 bits per heavy atom. The summed E-state index contributed by atoms with van der Waals surface area (Å²) in [5.41, 5.74) is 0. The van der Waals surface area contributed by atoms with E-state index in [2.05, 4.69) is 0 Å². The maximum absolute atomic E-state index is 12.8. The maximum Gasteiger partial charge on any atom is 0.408 e. The SMILES string of the molecule is O=C(O)[C@@H]1[C@@H](F)CCN1C(=O)O. The predicted octanol–water partition coefficient (Wildman–Crippen LogP) is 0.161. The number of alkyl halides is 1. The van der Waals surface area contributed by atoms with Crippen LogP contribution in [0.5, 0.6) is 0 Å². The zero-order valence-corrected chi connectivity index (χ0v) is 6.11. The fourth-order valence-electron chi connectivity index (χ4n) is 1.26. The fourth-order valence-corrected chi connectivity index (χ4v) is 1.26. The molecule has 0 unspecified atom stereocenters. The van der Waals surface area contributed by atoms with Crippen molar-refractivity contribution in [2.75, 3.05) is 6.54 Å². The lowest BCUT2D eigenvalue weighted by Gasteiger charge is -2.17. The van der Waals surface area contributed by atoms with E-state index in [4.69, 9.17) is 10.2 Å². The molecule has 1 aliphatic rings. The molecule has 1 rings (SSSR count). The number of carboxylic acid groups (broad SMARTS) is 2. The second kappa shape index (κ2) is 2.96. The number of carboxylic acids is 1. The van der Waals surface area contributed by atoms with Gasteiger partial charge >= 0.3 is 12.1 Å². The number of aliphatic carboxylic acids is 1. The van der Waals surface area contributed by atoms with Crippen molar-refractivity contribution in [3.63, 3.8) is 0 Å². The van der Waals surface area contributed by atoms with Gasteiger partial charge < -0.3 is 10.2 Å². The molecule has 5 nitrogen and oxygen atoms in total. The molecule has 1 amide bonds. The summed E-state index contributed by atoms with van der Waals surface area (Å²) in [4.78, 5) is 21.3. The van der Waals surface area contributed by atoms with Gasteiger partial charge in [0.05, 0.1) is 0 Å². The summed E-state index contributed by atoms with van der Waals surface area (Å²) >= 11 is 0. The zero-order valence-electron chi connectivity index (χ0n) is 6.11. The third-order valence-corrected chi connectivity index (χ3v) is 1.82. The number of nitrogens with zero attached hydrogens (tertiary/aromatic N) is 1. The average molecular weight is 177 g/mol. The Balaban J connectivity index is 2.77. The van der Waals surface area contributed by atoms with Crippen LogP contribution in [0.2, 0.25) is 0 Å². The fraction of sp³-hybridized carbons (Fsp3) is 0.667. The summed E-state index contributed by atoms with van der Waals surface area (Å²) in [5, 5.41) is 16.9. The van der Waals surface area contributed by atoms with E-state index in [1.54, 1.807) is 0 Å². The molecule has 1 heterocycles. The average Bonchev–Trinajstić information content (AvgIpc) is 2.30. The summed E-state index contributed by atoms with van der Waals surface area (Å²) in [6.45, 7) is -0.0481. The van der Waals surface area contributed by atoms with Gasteiger partial charge in [-0.05, 0) is 6.42 Å². The van der Waals surface area contributed by atoms with Gasteiger partial charge in [-0.2, -0.15) is 0 Å². The van der Waals surface area contributed by atoms with Gasteiger partial charge in [0, 0.05) is 6.54 Å². The van der Waals surface area contributed by atoms with Crippen molar-refractivity contribution in [1.29, 1.82) is 0 Å². The van der Waals surface area contributed by atoms with E-state index in [-0.39, 0.29) is 13.0 Å². The highest BCUT2D eigenvalue weighted by atomic mass is 19.1. The van der Waals surface area contributed by atoms with E-state index in [0.29, 0.717) is 4.90 Å². The van der Waals surface area contributed by atoms with Crippen LogP contribution < -0.4 is 0 Å². The van der Waals surface area contributed by atoms with E-state index >= 15 is 0 Å². The molecular formula is C6H8FNO4. The smallest absolute Gasteiger partial charge is 0.408 e. The quantitative estimate of drug-likeness (QED) is 0.598. The Labute approximate surface area is 67.4 Å². The summed E-state index contributed by atoms with van der Waals surface area (Å²) in [5.74, 6) is -1.43. The van der Waals surface area contributed by atoms with Crippen molar-refractivity contribution >= 4 is 12.1 Å². The highest BCUT2D eigenvalue weighted by Crippen LogP contribution is 2.20. The van der Waals surface area contributed by atoms with Crippen LogP contribution in [0.1, 0.15) is 6.42 Å². The van der Waals surface area contributed by atoms with Crippen LogP contribution in [-0.4, -0.2) is 45.9 Å². The molecule has 6 heteroatoms. The molecule has 1 fully saturated rings. The third kappa shape index (κ3) is 1.32. The highest BCUT2D eigenvalue weighted by Gasteiger charge is 2.42. The minimum Gasteiger partial charge on any atom is -0.480 e. The van der Waals surface area contributed by atoms with Crippen molar-refractivity contribution in [3.8, 4) is 0 Å². The highest BCUT2D eigenvalue weighted by molar-refractivity contribution is 5.80. The van der Waals surface area contributed by atoms with Gasteiger partial charge in [0.2, 0.25) is 0 Å². The zero-order chi connectivity index (χ0) is 9.30. The lowest BCUT2D eigenvalue weighted by Crippen LogP contribution is -2.43. The predicted molar refractivity (Wildman–Crippen MR) is 35.7 cm³/mol. The van der Waals surface area contributed by atoms with Gasteiger partial charge in [-0.15, -0.1) is 0 Å². The van der Waals surface area contributed by atoms with Gasteiger partial charge in [0.1, 0.15) is 6.17 Å². The molecule has 1 saturated heterocycles. The Hall–Kier alpha value is -1.33. The minimum atomic E-state index is -1.58. The van der Waals surface area contributed by atoms with Gasteiger partial charge in [0.25, 0.3) is 0 Å². The van der Waals surface area contributed by atoms with E-state index < -0.39 is 24.3 Å². The van der Waals surface area contributed by atoms with Gasteiger partial charge in [-0.25, -0.2) is 14.0 Å². The number of amides is 1. The second-order valence-electron chi connectivity index (χ2n) is 2.56. The molecule has 12 heavy (non-hydrogen) atoms. The first-order chi connectivity index (χ1) is 5.54. The van der Waals surface area contributed by atoms with Crippen molar-refractivity contribution in [2.45, 2.75) is 18.6 Å². The number of carbonyl (C=O) groups is 2. The third-order valence-electron chi connectivity index (χ3n) is 1.82. The van der Waals surface area contributed by atoms with Crippen LogP contribution in [0.3, 0.4) is 0 Å². The molecule has 0 spiro atoms. The molecular weight excluding hydrogens is 169 g/mol. The number of rotatable bonds is 1. The molecule has 2 atom stereocenters. The van der Waals surface area contributed by atoms with Crippen molar-refractivity contribution in [3.05, 3.63) is 0 Å². The Morgan fingerprint density at radius 3 is 2.33 bits per heavy atom. The summed E-state index contributed by atoms with van der Waals surface area (Å²) < 4.78 is 12.8. The standard InChI is InChI=1S/C6H8FNO4/c7-3-1-2-8(6(11)12)4(3)5(9)10/h3-4H,1-2H2,(H,9,10)(H,11,12)/t3-,4-/m0/s1. The first-order valence-corrected chi connectivity index (χ1v) is 3.40. The van der Waals surface area contributed by atoms with Crippen LogP contribution in [0, 0.1) is 0 Å². The Bertz CT molecular complexity index is 220. The van der Waals surface area contributed by atoms with Crippen LogP contribution in [0.15, 0.2) is 0 Å². The monoisotopic (exact) mass is 177 g/mol. The molecule has 1 aliphatic heterocycles. The molecule has 0 aliphatic carbocycles. The van der Waals surface area contributed by atoms with E-state index in [1.165, 1.54) is 0 Å². The maximum atomic E-state index is 12.8. The van der Waals surface area contributed by atoms with Crippen molar-refractivity contribution in [2.24, 2.45) is 0 Å². The second-order valence-corrected chi connectivity index (χ2v) is 2.56. The minimum absolute atomic E-state index is 0.0384. The number of hydrogen-bond donors (Lipinski definition) is 2. The first-order valence-electron chi connectivity index (χ1n) is 3.40. The Morgan fingerprint density at radius 1 is 1.42 bits per heavy atom. The van der Waals surface area contributed by atoms with Crippen LogP contribution in [0.4, 0.5) is 9.18 Å². The summed E-state index contributed by atoms with van der Waals surface area (Å²) in [6, 6.07) is -1.53. The van der Waals surface area contributed by atoms with Crippen LogP contribution in [0.25, 0.3) is 0 Å². The molecule has 0 aromatic rings. The van der Waals surface area contributed by atoms with E-state index in [0.717, 1.165) is 0 Å². The van der Waals surface area contributed by atoms with Crippen LogP contribution >= 0.6 is 0 Å². The van der Waals surface area contributed by atoms with Crippen molar-refractivity contribution < 1.29 is 24.2 Å². The topological polar surface area (TPSA) is 77.8 Å². The van der Waals surface area contributed by atoms with Crippen molar-refractivity contribution in [1.82, 2.24) is 4.90 Å². The van der Waals surface area contributed by atoms with Crippen LogP contribution in [-0.2, 0) is 4.79 Å².